The molecule has 3 N–H and O–H groups in total. The number of sulfonamides is 1. The zero-order valence-corrected chi connectivity index (χ0v) is 12.5. The number of nitrogens with two attached hydrogens (primary N) is 1. The minimum atomic E-state index is -3.45. The monoisotopic (exact) mass is 284 g/mol. The molecule has 0 spiro atoms. The maximum absolute atomic E-state index is 12.1. The summed E-state index contributed by atoms with van der Waals surface area (Å²) in [6.45, 7) is 4.06. The molecule has 1 atom stereocenters. The number of hydrogen-bond acceptors (Lipinski definition) is 3. The molecule has 1 rings (SSSR count). The fourth-order valence-electron chi connectivity index (χ4n) is 1.95. The summed E-state index contributed by atoms with van der Waals surface area (Å²) in [4.78, 5) is 0.230. The fourth-order valence-corrected chi connectivity index (χ4v) is 3.28. The van der Waals surface area contributed by atoms with Crippen molar-refractivity contribution in [1.82, 2.24) is 4.72 Å². The van der Waals surface area contributed by atoms with Crippen molar-refractivity contribution in [3.8, 4) is 0 Å². The normalized spacial score (nSPS) is 13.4. The molecule has 0 fully saturated rings. The van der Waals surface area contributed by atoms with E-state index in [4.69, 9.17) is 5.73 Å². The molecule has 0 aliphatic heterocycles. The third-order valence-corrected chi connectivity index (χ3v) is 4.60. The largest absolute Gasteiger partial charge is 0.399 e. The lowest BCUT2D eigenvalue weighted by molar-refractivity contribution is 0.522. The number of anilines is 1. The van der Waals surface area contributed by atoms with Gasteiger partial charge in [0.1, 0.15) is 0 Å². The van der Waals surface area contributed by atoms with Gasteiger partial charge in [-0.3, -0.25) is 0 Å². The van der Waals surface area contributed by atoms with E-state index in [0.717, 1.165) is 19.3 Å². The summed E-state index contributed by atoms with van der Waals surface area (Å²) in [6, 6.07) is 6.31. The molecule has 0 amide bonds. The molecule has 0 saturated heterocycles. The maximum Gasteiger partial charge on any atom is 0.240 e. The third kappa shape index (κ3) is 5.61. The quantitative estimate of drug-likeness (QED) is 0.569. The van der Waals surface area contributed by atoms with Crippen LogP contribution in [0.4, 0.5) is 5.69 Å². The molecule has 1 aromatic rings. The lowest BCUT2D eigenvalue weighted by atomic mass is 10.1. The van der Waals surface area contributed by atoms with E-state index < -0.39 is 10.0 Å². The first kappa shape index (κ1) is 16.0. The minimum Gasteiger partial charge on any atom is -0.399 e. The number of nitrogens with one attached hydrogen (secondary N) is 1. The molecule has 5 heteroatoms. The van der Waals surface area contributed by atoms with Gasteiger partial charge in [-0.25, -0.2) is 13.1 Å². The Labute approximate surface area is 116 Å². The van der Waals surface area contributed by atoms with Gasteiger partial charge in [0.25, 0.3) is 0 Å². The van der Waals surface area contributed by atoms with E-state index in [1.165, 1.54) is 18.9 Å². The molecular weight excluding hydrogens is 260 g/mol. The Morgan fingerprint density at radius 2 is 2.00 bits per heavy atom. The Bertz CT molecular complexity index is 486. The SMILES string of the molecule is CCCCCCC(C)NS(=O)(=O)c1cccc(N)c1. The van der Waals surface area contributed by atoms with Crippen molar-refractivity contribution in [2.75, 3.05) is 5.73 Å². The summed E-state index contributed by atoms with van der Waals surface area (Å²) >= 11 is 0. The van der Waals surface area contributed by atoms with Crippen LogP contribution in [0.5, 0.6) is 0 Å². The zero-order chi connectivity index (χ0) is 14.3. The van der Waals surface area contributed by atoms with Crippen LogP contribution in [-0.4, -0.2) is 14.5 Å². The van der Waals surface area contributed by atoms with Crippen LogP contribution >= 0.6 is 0 Å². The number of unbranched alkanes of at least 4 members (excludes halogenated alkanes) is 3. The van der Waals surface area contributed by atoms with E-state index in [9.17, 15) is 8.42 Å². The Hall–Kier alpha value is -1.07. The van der Waals surface area contributed by atoms with Crippen LogP contribution < -0.4 is 10.5 Å². The second kappa shape index (κ2) is 7.50. The summed E-state index contributed by atoms with van der Waals surface area (Å²) in [5.41, 5.74) is 6.06. The van der Waals surface area contributed by atoms with Crippen LogP contribution in [0.25, 0.3) is 0 Å². The molecule has 0 aliphatic carbocycles. The van der Waals surface area contributed by atoms with E-state index in [1.54, 1.807) is 18.2 Å². The molecule has 19 heavy (non-hydrogen) atoms. The molecule has 0 bridgehead atoms. The van der Waals surface area contributed by atoms with Gasteiger partial charge in [-0.2, -0.15) is 0 Å². The Morgan fingerprint density at radius 1 is 1.26 bits per heavy atom. The van der Waals surface area contributed by atoms with Gasteiger partial charge in [0.15, 0.2) is 0 Å². The smallest absolute Gasteiger partial charge is 0.240 e. The van der Waals surface area contributed by atoms with Crippen molar-refractivity contribution in [2.45, 2.75) is 56.9 Å². The summed E-state index contributed by atoms with van der Waals surface area (Å²) in [7, 11) is -3.45. The minimum absolute atomic E-state index is 0.0525. The molecule has 0 radical (unpaired) electrons. The highest BCUT2D eigenvalue weighted by Crippen LogP contribution is 2.14. The van der Waals surface area contributed by atoms with E-state index in [2.05, 4.69) is 11.6 Å². The highest BCUT2D eigenvalue weighted by Gasteiger charge is 2.17. The van der Waals surface area contributed by atoms with Gasteiger partial charge in [-0.15, -0.1) is 0 Å². The van der Waals surface area contributed by atoms with Crippen LogP contribution in [0, 0.1) is 0 Å². The van der Waals surface area contributed by atoms with E-state index >= 15 is 0 Å². The fraction of sp³-hybridized carbons (Fsp3) is 0.571. The number of nitrogen functional groups attached to an aromatic ring is 1. The first-order chi connectivity index (χ1) is 8.95. The van der Waals surface area contributed by atoms with Gasteiger partial charge < -0.3 is 5.73 Å². The zero-order valence-electron chi connectivity index (χ0n) is 11.7. The van der Waals surface area contributed by atoms with E-state index in [1.807, 2.05) is 6.92 Å². The van der Waals surface area contributed by atoms with Gasteiger partial charge in [0, 0.05) is 11.7 Å². The molecule has 1 unspecified atom stereocenters. The van der Waals surface area contributed by atoms with Crippen molar-refractivity contribution in [2.24, 2.45) is 0 Å². The van der Waals surface area contributed by atoms with Gasteiger partial charge in [0.05, 0.1) is 4.90 Å². The van der Waals surface area contributed by atoms with Gasteiger partial charge >= 0.3 is 0 Å². The average molecular weight is 284 g/mol. The van der Waals surface area contributed by atoms with Crippen LogP contribution in [0.2, 0.25) is 0 Å². The van der Waals surface area contributed by atoms with Gasteiger partial charge in [-0.1, -0.05) is 38.7 Å². The summed E-state index contributed by atoms with van der Waals surface area (Å²) in [6.07, 6.45) is 5.45. The molecule has 1 aromatic carbocycles. The molecule has 0 heterocycles. The van der Waals surface area contributed by atoms with Crippen molar-refractivity contribution in [1.29, 1.82) is 0 Å². The summed E-state index contributed by atoms with van der Waals surface area (Å²) in [5, 5.41) is 0. The Morgan fingerprint density at radius 3 is 2.63 bits per heavy atom. The standard InChI is InChI=1S/C14H24N2O2S/c1-3-4-5-6-8-12(2)16-19(17,18)14-10-7-9-13(15)11-14/h7,9-12,16H,3-6,8,15H2,1-2H3. The van der Waals surface area contributed by atoms with E-state index in [-0.39, 0.29) is 10.9 Å². The Balaban J connectivity index is 2.55. The van der Waals surface area contributed by atoms with Crippen molar-refractivity contribution < 1.29 is 8.42 Å². The van der Waals surface area contributed by atoms with Crippen LogP contribution in [-0.2, 0) is 10.0 Å². The van der Waals surface area contributed by atoms with Crippen molar-refractivity contribution in [3.63, 3.8) is 0 Å². The first-order valence-electron chi connectivity index (χ1n) is 6.83. The second-order valence-electron chi connectivity index (χ2n) is 4.94. The van der Waals surface area contributed by atoms with E-state index in [0.29, 0.717) is 5.69 Å². The lowest BCUT2D eigenvalue weighted by Crippen LogP contribution is -2.32. The van der Waals surface area contributed by atoms with Gasteiger partial charge in [-0.05, 0) is 31.5 Å². The number of rotatable bonds is 8. The third-order valence-electron chi connectivity index (χ3n) is 3.02. The molecule has 0 aromatic heterocycles. The topological polar surface area (TPSA) is 72.2 Å². The predicted molar refractivity (Wildman–Crippen MR) is 79.4 cm³/mol. The first-order valence-corrected chi connectivity index (χ1v) is 8.32. The number of hydrogen-bond donors (Lipinski definition) is 2. The van der Waals surface area contributed by atoms with Crippen LogP contribution in [0.15, 0.2) is 29.2 Å². The molecule has 4 nitrogen and oxygen atoms in total. The lowest BCUT2D eigenvalue weighted by Gasteiger charge is -2.14. The highest BCUT2D eigenvalue weighted by atomic mass is 32.2. The second-order valence-corrected chi connectivity index (χ2v) is 6.66. The molecule has 108 valence electrons. The highest BCUT2D eigenvalue weighted by molar-refractivity contribution is 7.89. The van der Waals surface area contributed by atoms with Crippen LogP contribution in [0.1, 0.15) is 46.0 Å². The van der Waals surface area contributed by atoms with Crippen LogP contribution in [0.3, 0.4) is 0 Å². The van der Waals surface area contributed by atoms with Crippen molar-refractivity contribution in [3.05, 3.63) is 24.3 Å². The van der Waals surface area contributed by atoms with Gasteiger partial charge in [0.2, 0.25) is 10.0 Å². The summed E-state index contributed by atoms with van der Waals surface area (Å²) < 4.78 is 26.9. The van der Waals surface area contributed by atoms with Crippen molar-refractivity contribution >= 4 is 15.7 Å². The summed E-state index contributed by atoms with van der Waals surface area (Å²) in [5.74, 6) is 0. The molecular formula is C14H24N2O2S. The average Bonchev–Trinajstić information content (AvgIpc) is 2.34. The molecule has 0 aliphatic rings. The molecule has 0 saturated carbocycles. The Kier molecular flexibility index (Phi) is 6.31. The maximum atomic E-state index is 12.1. The number of benzene rings is 1. The predicted octanol–water partition coefficient (Wildman–Crippen LogP) is 2.91.